The van der Waals surface area contributed by atoms with Crippen molar-refractivity contribution in [1.29, 1.82) is 0 Å². The van der Waals surface area contributed by atoms with Crippen LogP contribution in [0.5, 0.6) is 0 Å². The van der Waals surface area contributed by atoms with E-state index in [4.69, 9.17) is 5.11 Å². The molecule has 0 amide bonds. The second kappa shape index (κ2) is 10.2. The SMILES string of the molecule is CCC=CCC=CC/C=C/CO. The van der Waals surface area contributed by atoms with Gasteiger partial charge in [-0.2, -0.15) is 0 Å². The number of rotatable bonds is 6. The van der Waals surface area contributed by atoms with Crippen LogP contribution in [0.3, 0.4) is 0 Å². The Morgan fingerprint density at radius 2 is 1.33 bits per heavy atom. The van der Waals surface area contributed by atoms with Gasteiger partial charge in [-0.15, -0.1) is 0 Å². The fourth-order valence-electron chi connectivity index (χ4n) is 0.783. The first kappa shape index (κ1) is 11.2. The van der Waals surface area contributed by atoms with Crippen LogP contribution in [0.2, 0.25) is 0 Å². The standard InChI is InChI=1S/C11H18O/c1-2-3-4-5-6-7-8-9-10-11-12/h3-4,6-7,9-10,12H,2,5,8,11H2,1H3/b4-3?,7-6?,10-9+. The lowest BCUT2D eigenvalue weighted by Crippen LogP contribution is -1.69. The third kappa shape index (κ3) is 9.18. The molecule has 12 heavy (non-hydrogen) atoms. The molecule has 0 saturated carbocycles. The fraction of sp³-hybridized carbons (Fsp3) is 0.455. The number of hydrogen-bond donors (Lipinski definition) is 1. The molecule has 1 N–H and O–H groups in total. The van der Waals surface area contributed by atoms with E-state index in [0.717, 1.165) is 19.3 Å². The van der Waals surface area contributed by atoms with E-state index in [-0.39, 0.29) is 6.61 Å². The van der Waals surface area contributed by atoms with Crippen LogP contribution in [0.4, 0.5) is 0 Å². The second-order valence-corrected chi connectivity index (χ2v) is 2.48. The van der Waals surface area contributed by atoms with Gasteiger partial charge in [-0.1, -0.05) is 43.4 Å². The zero-order valence-corrected chi connectivity index (χ0v) is 7.74. The van der Waals surface area contributed by atoms with Crippen LogP contribution in [0, 0.1) is 0 Å². The first-order valence-electron chi connectivity index (χ1n) is 4.47. The van der Waals surface area contributed by atoms with Crippen molar-refractivity contribution in [3.8, 4) is 0 Å². The molecule has 0 aliphatic carbocycles. The first-order chi connectivity index (χ1) is 5.91. The average molecular weight is 166 g/mol. The molecule has 0 saturated heterocycles. The van der Waals surface area contributed by atoms with Gasteiger partial charge in [-0.25, -0.2) is 0 Å². The minimum absolute atomic E-state index is 0.142. The fourth-order valence-corrected chi connectivity index (χ4v) is 0.783. The highest BCUT2D eigenvalue weighted by atomic mass is 16.2. The minimum Gasteiger partial charge on any atom is -0.392 e. The number of aliphatic hydroxyl groups is 1. The molecular formula is C11H18O. The summed E-state index contributed by atoms with van der Waals surface area (Å²) in [6.07, 6.45) is 15.3. The first-order valence-corrected chi connectivity index (χ1v) is 4.47. The van der Waals surface area contributed by atoms with E-state index in [1.165, 1.54) is 0 Å². The molecule has 0 bridgehead atoms. The summed E-state index contributed by atoms with van der Waals surface area (Å²) in [7, 11) is 0. The molecule has 0 atom stereocenters. The summed E-state index contributed by atoms with van der Waals surface area (Å²) < 4.78 is 0. The summed E-state index contributed by atoms with van der Waals surface area (Å²) in [5, 5.41) is 8.42. The number of allylic oxidation sites excluding steroid dienone is 5. The Bertz CT molecular complexity index is 136. The minimum atomic E-state index is 0.142. The van der Waals surface area contributed by atoms with Crippen LogP contribution >= 0.6 is 0 Å². The lowest BCUT2D eigenvalue weighted by Gasteiger charge is -1.82. The lowest BCUT2D eigenvalue weighted by molar-refractivity contribution is 0.342. The Hall–Kier alpha value is -0.820. The Labute approximate surface area is 75.1 Å². The Morgan fingerprint density at radius 3 is 1.83 bits per heavy atom. The highest BCUT2D eigenvalue weighted by Crippen LogP contribution is 1.91. The topological polar surface area (TPSA) is 20.2 Å². The average Bonchev–Trinajstić information content (AvgIpc) is 2.10. The molecule has 0 aliphatic rings. The highest BCUT2D eigenvalue weighted by Gasteiger charge is 1.71. The van der Waals surface area contributed by atoms with E-state index in [1.807, 2.05) is 6.08 Å². The van der Waals surface area contributed by atoms with Gasteiger partial charge >= 0.3 is 0 Å². The van der Waals surface area contributed by atoms with Crippen molar-refractivity contribution in [2.24, 2.45) is 0 Å². The molecule has 0 aromatic heterocycles. The molecule has 1 nitrogen and oxygen atoms in total. The molecular weight excluding hydrogens is 148 g/mol. The van der Waals surface area contributed by atoms with E-state index in [2.05, 4.69) is 31.2 Å². The van der Waals surface area contributed by atoms with Gasteiger partial charge in [0, 0.05) is 0 Å². The van der Waals surface area contributed by atoms with Crippen molar-refractivity contribution in [1.82, 2.24) is 0 Å². The van der Waals surface area contributed by atoms with Crippen molar-refractivity contribution in [2.75, 3.05) is 6.61 Å². The van der Waals surface area contributed by atoms with Gasteiger partial charge in [0.25, 0.3) is 0 Å². The molecule has 0 spiro atoms. The molecule has 0 rings (SSSR count). The smallest absolute Gasteiger partial charge is 0.0612 e. The quantitative estimate of drug-likeness (QED) is 0.601. The van der Waals surface area contributed by atoms with Crippen molar-refractivity contribution < 1.29 is 5.11 Å². The van der Waals surface area contributed by atoms with Gasteiger partial charge in [0.15, 0.2) is 0 Å². The molecule has 0 heterocycles. The van der Waals surface area contributed by atoms with Gasteiger partial charge in [0.1, 0.15) is 0 Å². The summed E-state index contributed by atoms with van der Waals surface area (Å²) in [5.41, 5.74) is 0. The third-order valence-corrected chi connectivity index (χ3v) is 1.39. The molecule has 0 radical (unpaired) electrons. The normalized spacial score (nSPS) is 12.5. The summed E-state index contributed by atoms with van der Waals surface area (Å²) >= 11 is 0. The van der Waals surface area contributed by atoms with E-state index < -0.39 is 0 Å². The van der Waals surface area contributed by atoms with Crippen LogP contribution in [0.1, 0.15) is 26.2 Å². The number of hydrogen-bond acceptors (Lipinski definition) is 1. The van der Waals surface area contributed by atoms with Crippen molar-refractivity contribution >= 4 is 0 Å². The van der Waals surface area contributed by atoms with E-state index in [9.17, 15) is 0 Å². The number of aliphatic hydroxyl groups excluding tert-OH is 1. The molecule has 0 unspecified atom stereocenters. The van der Waals surface area contributed by atoms with E-state index >= 15 is 0 Å². The summed E-state index contributed by atoms with van der Waals surface area (Å²) in [6.45, 7) is 2.27. The van der Waals surface area contributed by atoms with Gasteiger partial charge in [0.2, 0.25) is 0 Å². The van der Waals surface area contributed by atoms with E-state index in [0.29, 0.717) is 0 Å². The maximum absolute atomic E-state index is 8.42. The van der Waals surface area contributed by atoms with Crippen molar-refractivity contribution in [2.45, 2.75) is 26.2 Å². The third-order valence-electron chi connectivity index (χ3n) is 1.39. The summed E-state index contributed by atoms with van der Waals surface area (Å²) in [4.78, 5) is 0. The van der Waals surface area contributed by atoms with Crippen molar-refractivity contribution in [3.63, 3.8) is 0 Å². The highest BCUT2D eigenvalue weighted by molar-refractivity contribution is 4.96. The van der Waals surface area contributed by atoms with Gasteiger partial charge in [-0.3, -0.25) is 0 Å². The molecule has 0 aromatic carbocycles. The Kier molecular flexibility index (Phi) is 9.48. The van der Waals surface area contributed by atoms with Gasteiger partial charge in [-0.05, 0) is 19.3 Å². The maximum Gasteiger partial charge on any atom is 0.0612 e. The van der Waals surface area contributed by atoms with Gasteiger partial charge in [0.05, 0.1) is 6.61 Å². The largest absolute Gasteiger partial charge is 0.392 e. The zero-order chi connectivity index (χ0) is 9.07. The van der Waals surface area contributed by atoms with Crippen LogP contribution in [-0.4, -0.2) is 11.7 Å². The molecule has 0 aliphatic heterocycles. The predicted molar refractivity (Wildman–Crippen MR) is 54.0 cm³/mol. The lowest BCUT2D eigenvalue weighted by atomic mass is 10.3. The molecule has 1 heteroatoms. The monoisotopic (exact) mass is 166 g/mol. The van der Waals surface area contributed by atoms with Crippen LogP contribution in [0.15, 0.2) is 36.5 Å². The van der Waals surface area contributed by atoms with Crippen molar-refractivity contribution in [3.05, 3.63) is 36.5 Å². The van der Waals surface area contributed by atoms with Crippen LogP contribution in [-0.2, 0) is 0 Å². The molecule has 68 valence electrons. The second-order valence-electron chi connectivity index (χ2n) is 2.48. The summed E-state index contributed by atoms with van der Waals surface area (Å²) in [6, 6.07) is 0. The van der Waals surface area contributed by atoms with Gasteiger partial charge < -0.3 is 5.11 Å². The predicted octanol–water partition coefficient (Wildman–Crippen LogP) is 2.84. The summed E-state index contributed by atoms with van der Waals surface area (Å²) in [5.74, 6) is 0. The Balaban J connectivity index is 3.25. The van der Waals surface area contributed by atoms with Crippen LogP contribution < -0.4 is 0 Å². The van der Waals surface area contributed by atoms with E-state index in [1.54, 1.807) is 6.08 Å². The van der Waals surface area contributed by atoms with Crippen LogP contribution in [0.25, 0.3) is 0 Å². The molecule has 0 fully saturated rings. The Morgan fingerprint density at radius 1 is 0.833 bits per heavy atom. The maximum atomic E-state index is 8.42. The zero-order valence-electron chi connectivity index (χ0n) is 7.74. The molecule has 0 aromatic rings.